The van der Waals surface area contributed by atoms with Crippen LogP contribution in [-0.2, 0) is 11.3 Å². The molecule has 0 bridgehead atoms. The minimum atomic E-state index is -0.701. The number of carbonyl (C=O) groups is 1. The summed E-state index contributed by atoms with van der Waals surface area (Å²) in [5.74, 6) is 1.81. The van der Waals surface area contributed by atoms with E-state index in [4.69, 9.17) is 14.2 Å². The second-order valence-electron chi connectivity index (χ2n) is 9.49. The van der Waals surface area contributed by atoms with Crippen LogP contribution in [0.2, 0.25) is 0 Å². The first-order valence-electron chi connectivity index (χ1n) is 12.2. The second kappa shape index (κ2) is 10.7. The van der Waals surface area contributed by atoms with Crippen LogP contribution in [0.5, 0.6) is 17.2 Å². The van der Waals surface area contributed by atoms with Gasteiger partial charge in [0.05, 0.1) is 33.5 Å². The molecular weight excluding hydrogens is 432 g/mol. The standard InChI is InChI=1S/C27H36N2O5/c1-32-22-15-20(16-23(33-2)26(22)34-3)25-21-11-7-8-12-27(21,31)13-14-29(25)18-24(30)28-17-19-9-5-4-6-10-19/h4-6,9-10,15-16,21,25,31H,7-8,11-14,17-18H2,1-3H3,(H,28,30)/p+1/t21-,25+,27+/m0/s1. The molecule has 0 radical (unpaired) electrons. The first kappa shape index (κ1) is 24.4. The van der Waals surface area contributed by atoms with E-state index in [-0.39, 0.29) is 17.9 Å². The second-order valence-corrected chi connectivity index (χ2v) is 9.49. The van der Waals surface area contributed by atoms with Crippen LogP contribution in [0.15, 0.2) is 42.5 Å². The zero-order valence-electron chi connectivity index (χ0n) is 20.4. The maximum atomic E-state index is 13.0. The summed E-state index contributed by atoms with van der Waals surface area (Å²) in [7, 11) is 4.82. The molecule has 2 aromatic carbocycles. The number of carbonyl (C=O) groups excluding carboxylic acids is 1. The number of aliphatic hydroxyl groups is 1. The number of methoxy groups -OCH3 is 3. The highest BCUT2D eigenvalue weighted by atomic mass is 16.5. The average Bonchev–Trinajstić information content (AvgIpc) is 2.87. The Hall–Kier alpha value is -2.77. The number of quaternary nitrogens is 1. The lowest BCUT2D eigenvalue weighted by atomic mass is 9.66. The van der Waals surface area contributed by atoms with Crippen molar-refractivity contribution in [2.24, 2.45) is 5.92 Å². The summed E-state index contributed by atoms with van der Waals surface area (Å²) in [6, 6.07) is 13.8. The van der Waals surface area contributed by atoms with E-state index < -0.39 is 5.60 Å². The molecule has 34 heavy (non-hydrogen) atoms. The molecule has 7 heteroatoms. The van der Waals surface area contributed by atoms with Crippen molar-refractivity contribution in [2.75, 3.05) is 34.4 Å². The van der Waals surface area contributed by atoms with E-state index >= 15 is 0 Å². The lowest BCUT2D eigenvalue weighted by Crippen LogP contribution is -3.16. The first-order valence-corrected chi connectivity index (χ1v) is 12.2. The highest BCUT2D eigenvalue weighted by molar-refractivity contribution is 5.76. The van der Waals surface area contributed by atoms with E-state index in [0.29, 0.717) is 36.8 Å². The number of hydrogen-bond donors (Lipinski definition) is 3. The molecule has 0 aromatic heterocycles. The molecular formula is C27H37N2O5+. The number of hydrogen-bond acceptors (Lipinski definition) is 5. The Morgan fingerprint density at radius 3 is 2.41 bits per heavy atom. The first-order chi connectivity index (χ1) is 16.5. The molecule has 2 fully saturated rings. The number of likely N-dealkylation sites (tertiary alicyclic amines) is 1. The van der Waals surface area contributed by atoms with Crippen molar-refractivity contribution >= 4 is 5.91 Å². The third-order valence-electron chi connectivity index (χ3n) is 7.55. The fourth-order valence-corrected chi connectivity index (χ4v) is 5.87. The van der Waals surface area contributed by atoms with E-state index in [0.717, 1.165) is 48.3 Å². The van der Waals surface area contributed by atoms with E-state index in [1.165, 1.54) is 0 Å². The van der Waals surface area contributed by atoms with Crippen molar-refractivity contribution in [3.05, 3.63) is 53.6 Å². The molecule has 4 rings (SSSR count). The zero-order chi connectivity index (χ0) is 24.1. The van der Waals surface area contributed by atoms with Gasteiger partial charge in [0, 0.05) is 24.4 Å². The van der Waals surface area contributed by atoms with Gasteiger partial charge in [-0.3, -0.25) is 4.79 Å². The highest BCUT2D eigenvalue weighted by Gasteiger charge is 2.52. The predicted octanol–water partition coefficient (Wildman–Crippen LogP) is 2.28. The number of benzene rings is 2. The highest BCUT2D eigenvalue weighted by Crippen LogP contribution is 2.47. The van der Waals surface area contributed by atoms with Crippen molar-refractivity contribution in [2.45, 2.75) is 50.3 Å². The Labute approximate surface area is 202 Å². The molecule has 1 heterocycles. The Morgan fingerprint density at radius 1 is 1.06 bits per heavy atom. The molecule has 1 saturated heterocycles. The quantitative estimate of drug-likeness (QED) is 0.553. The van der Waals surface area contributed by atoms with Crippen molar-refractivity contribution < 1.29 is 29.0 Å². The SMILES string of the molecule is COc1cc([C@@H]2[C@@H]3CCCC[C@@]3(O)CC[NH+]2CC(=O)NCc2ccccc2)cc(OC)c1OC. The summed E-state index contributed by atoms with van der Waals surface area (Å²) in [5.41, 5.74) is 1.38. The molecule has 1 unspecified atom stereocenters. The van der Waals surface area contributed by atoms with E-state index in [1.807, 2.05) is 42.5 Å². The fourth-order valence-electron chi connectivity index (χ4n) is 5.87. The summed E-state index contributed by atoms with van der Waals surface area (Å²) in [5, 5.41) is 14.7. The van der Waals surface area contributed by atoms with Crippen LogP contribution in [0.1, 0.15) is 49.3 Å². The summed E-state index contributed by atoms with van der Waals surface area (Å²) < 4.78 is 16.8. The molecule has 0 spiro atoms. The maximum absolute atomic E-state index is 13.0. The van der Waals surface area contributed by atoms with Crippen LogP contribution in [0.3, 0.4) is 0 Å². The minimum absolute atomic E-state index is 0.0116. The number of nitrogens with one attached hydrogen (secondary N) is 2. The third kappa shape index (κ3) is 5.00. The van der Waals surface area contributed by atoms with Crippen LogP contribution in [0.25, 0.3) is 0 Å². The van der Waals surface area contributed by atoms with Gasteiger partial charge in [-0.05, 0) is 30.5 Å². The molecule has 1 aliphatic carbocycles. The van der Waals surface area contributed by atoms with Crippen LogP contribution < -0.4 is 24.4 Å². The van der Waals surface area contributed by atoms with E-state index in [9.17, 15) is 9.90 Å². The summed E-state index contributed by atoms with van der Waals surface area (Å²) >= 11 is 0. The Morgan fingerprint density at radius 2 is 1.76 bits per heavy atom. The van der Waals surface area contributed by atoms with E-state index in [2.05, 4.69) is 5.32 Å². The van der Waals surface area contributed by atoms with Gasteiger partial charge in [-0.1, -0.05) is 43.2 Å². The van der Waals surface area contributed by atoms with Gasteiger partial charge in [0.1, 0.15) is 6.04 Å². The van der Waals surface area contributed by atoms with Gasteiger partial charge in [0.25, 0.3) is 5.91 Å². The molecule has 7 nitrogen and oxygen atoms in total. The van der Waals surface area contributed by atoms with Gasteiger partial charge in [0.2, 0.25) is 5.75 Å². The molecule has 3 N–H and O–H groups in total. The van der Waals surface area contributed by atoms with Gasteiger partial charge in [-0.15, -0.1) is 0 Å². The minimum Gasteiger partial charge on any atom is -0.493 e. The number of piperidine rings is 1. The Kier molecular flexibility index (Phi) is 7.63. The van der Waals surface area contributed by atoms with Gasteiger partial charge >= 0.3 is 0 Å². The fraction of sp³-hybridized carbons (Fsp3) is 0.519. The molecule has 2 aromatic rings. The predicted molar refractivity (Wildman–Crippen MR) is 129 cm³/mol. The van der Waals surface area contributed by atoms with Gasteiger partial charge < -0.3 is 29.5 Å². The number of fused-ring (bicyclic) bond motifs is 1. The molecule has 1 saturated carbocycles. The van der Waals surface area contributed by atoms with Gasteiger partial charge in [-0.25, -0.2) is 0 Å². The average molecular weight is 470 g/mol. The molecule has 1 aliphatic heterocycles. The zero-order valence-corrected chi connectivity index (χ0v) is 20.4. The monoisotopic (exact) mass is 469 g/mol. The van der Waals surface area contributed by atoms with Crippen molar-refractivity contribution in [3.8, 4) is 17.2 Å². The lowest BCUT2D eigenvalue weighted by molar-refractivity contribution is -0.937. The maximum Gasteiger partial charge on any atom is 0.275 e. The smallest absolute Gasteiger partial charge is 0.275 e. The van der Waals surface area contributed by atoms with Crippen LogP contribution >= 0.6 is 0 Å². The third-order valence-corrected chi connectivity index (χ3v) is 7.55. The number of rotatable bonds is 8. The molecule has 2 aliphatic rings. The van der Waals surface area contributed by atoms with Crippen LogP contribution in [0.4, 0.5) is 0 Å². The summed E-state index contributed by atoms with van der Waals surface area (Å²) in [6.07, 6.45) is 4.59. The van der Waals surface area contributed by atoms with Gasteiger partial charge in [0.15, 0.2) is 18.0 Å². The van der Waals surface area contributed by atoms with E-state index in [1.54, 1.807) is 21.3 Å². The molecule has 184 valence electrons. The number of amides is 1. The Bertz CT molecular complexity index is 957. The summed E-state index contributed by atoms with van der Waals surface area (Å²) in [6.45, 7) is 1.59. The largest absolute Gasteiger partial charge is 0.493 e. The molecule has 1 amide bonds. The normalized spacial score (nSPS) is 26.3. The van der Waals surface area contributed by atoms with Crippen molar-refractivity contribution in [3.63, 3.8) is 0 Å². The van der Waals surface area contributed by atoms with Crippen LogP contribution in [0, 0.1) is 5.92 Å². The topological polar surface area (TPSA) is 81.5 Å². The van der Waals surface area contributed by atoms with Crippen molar-refractivity contribution in [1.29, 1.82) is 0 Å². The summed E-state index contributed by atoms with van der Waals surface area (Å²) in [4.78, 5) is 14.1. The van der Waals surface area contributed by atoms with Crippen LogP contribution in [-0.4, -0.2) is 51.0 Å². The number of ether oxygens (including phenoxy) is 3. The Balaban J connectivity index is 1.62. The van der Waals surface area contributed by atoms with Gasteiger partial charge in [-0.2, -0.15) is 0 Å². The molecule has 4 atom stereocenters. The van der Waals surface area contributed by atoms with Crippen molar-refractivity contribution in [1.82, 2.24) is 5.32 Å². The lowest BCUT2D eigenvalue weighted by Gasteiger charge is -2.50.